The molecule has 0 bridgehead atoms. The first-order valence-corrected chi connectivity index (χ1v) is 10.1. The van der Waals surface area contributed by atoms with E-state index in [-0.39, 0.29) is 30.7 Å². The van der Waals surface area contributed by atoms with E-state index in [1.165, 1.54) is 18.1 Å². The van der Waals surface area contributed by atoms with E-state index in [0.717, 1.165) is 0 Å². The van der Waals surface area contributed by atoms with Gasteiger partial charge in [-0.1, -0.05) is 0 Å². The van der Waals surface area contributed by atoms with Crippen LogP contribution in [0.2, 0.25) is 0 Å². The minimum Gasteiger partial charge on any atom is -0.497 e. The van der Waals surface area contributed by atoms with E-state index < -0.39 is 6.04 Å². The first-order valence-electron chi connectivity index (χ1n) is 9.71. The molecule has 1 aromatic carbocycles. The lowest BCUT2D eigenvalue weighted by molar-refractivity contribution is -0.131. The molecule has 3 rings (SSSR count). The molecule has 0 radical (unpaired) electrons. The van der Waals surface area contributed by atoms with Crippen LogP contribution in [0.25, 0.3) is 0 Å². The molecule has 2 N–H and O–H groups in total. The first-order chi connectivity index (χ1) is 14.9. The smallest absolute Gasteiger partial charge is 0.252 e. The van der Waals surface area contributed by atoms with E-state index in [9.17, 15) is 14.4 Å². The Labute approximate surface area is 185 Å². The molecule has 1 atom stereocenters. The summed E-state index contributed by atoms with van der Waals surface area (Å²) in [6.07, 6.45) is 1.44. The maximum Gasteiger partial charge on any atom is 0.252 e. The molecule has 3 amide bonds. The molecule has 2 heterocycles. The monoisotopic (exact) mass is 444 g/mol. The van der Waals surface area contributed by atoms with E-state index in [4.69, 9.17) is 21.4 Å². The second-order valence-corrected chi connectivity index (χ2v) is 7.32. The summed E-state index contributed by atoms with van der Waals surface area (Å²) in [6.45, 7) is 2.20. The maximum absolute atomic E-state index is 13.1. The quantitative estimate of drug-likeness (QED) is 0.568. The van der Waals surface area contributed by atoms with Crippen molar-refractivity contribution in [1.29, 1.82) is 0 Å². The van der Waals surface area contributed by atoms with Gasteiger partial charge in [-0.05, 0) is 48.6 Å². The molecular formula is C21H24N4O5S. The summed E-state index contributed by atoms with van der Waals surface area (Å²) in [7, 11) is 1.56. The van der Waals surface area contributed by atoms with E-state index in [0.29, 0.717) is 35.4 Å². The highest BCUT2D eigenvalue weighted by atomic mass is 32.1. The first kappa shape index (κ1) is 22.3. The third kappa shape index (κ3) is 5.60. The summed E-state index contributed by atoms with van der Waals surface area (Å²) in [5.74, 6) is 0.468. The number of benzene rings is 1. The number of nitrogens with one attached hydrogen (secondary N) is 2. The molecule has 0 aliphatic carbocycles. The summed E-state index contributed by atoms with van der Waals surface area (Å²) in [5, 5.41) is 5.78. The Balaban J connectivity index is 1.71. The van der Waals surface area contributed by atoms with E-state index in [1.54, 1.807) is 48.4 Å². The van der Waals surface area contributed by atoms with Crippen molar-refractivity contribution < 1.29 is 23.5 Å². The Bertz CT molecular complexity index is 945. The number of thiocarbonyl (C=S) groups is 1. The number of carbonyl (C=O) groups excluding carboxylic acids is 3. The van der Waals surface area contributed by atoms with Gasteiger partial charge in [0.1, 0.15) is 17.6 Å². The molecule has 164 valence electrons. The van der Waals surface area contributed by atoms with Crippen molar-refractivity contribution in [2.75, 3.05) is 25.5 Å². The number of ether oxygens (including phenoxy) is 1. The largest absolute Gasteiger partial charge is 0.497 e. The predicted octanol–water partition coefficient (Wildman–Crippen LogP) is 1.75. The van der Waals surface area contributed by atoms with Crippen LogP contribution in [0, 0.1) is 0 Å². The molecule has 1 aliphatic rings. The minimum absolute atomic E-state index is 0.0836. The van der Waals surface area contributed by atoms with Crippen LogP contribution in [0.4, 0.5) is 5.69 Å². The molecule has 0 unspecified atom stereocenters. The summed E-state index contributed by atoms with van der Waals surface area (Å²) in [6, 6.07) is 9.61. The molecule has 10 heteroatoms. The number of furan rings is 1. The van der Waals surface area contributed by atoms with Crippen molar-refractivity contribution in [2.45, 2.75) is 25.9 Å². The Morgan fingerprint density at radius 1 is 1.23 bits per heavy atom. The fraction of sp³-hybridized carbons (Fsp3) is 0.333. The van der Waals surface area contributed by atoms with E-state index in [1.807, 2.05) is 0 Å². The minimum atomic E-state index is -0.769. The fourth-order valence-electron chi connectivity index (χ4n) is 3.26. The normalized spacial score (nSPS) is 15.9. The van der Waals surface area contributed by atoms with Gasteiger partial charge in [-0.15, -0.1) is 0 Å². The second-order valence-electron chi connectivity index (χ2n) is 6.96. The maximum atomic E-state index is 13.1. The van der Waals surface area contributed by atoms with Gasteiger partial charge < -0.3 is 24.7 Å². The standard InChI is InChI=1S/C21H24N4O5S/c1-14(26)22-9-10-24-18(12-19(27)23-15-5-7-16(29-2)8-6-15)20(28)25(21(24)31)13-17-4-3-11-30-17/h3-8,11,18H,9-10,12-13H2,1-2H3,(H,22,26)(H,23,27)/t18-/m0/s1. The van der Waals surface area contributed by atoms with Crippen LogP contribution < -0.4 is 15.4 Å². The van der Waals surface area contributed by atoms with Crippen LogP contribution >= 0.6 is 12.2 Å². The van der Waals surface area contributed by atoms with Crippen LogP contribution in [0.5, 0.6) is 5.75 Å². The third-order valence-electron chi connectivity index (χ3n) is 4.78. The van der Waals surface area contributed by atoms with Gasteiger partial charge in [0.15, 0.2) is 5.11 Å². The van der Waals surface area contributed by atoms with Gasteiger partial charge in [-0.3, -0.25) is 19.3 Å². The lowest BCUT2D eigenvalue weighted by atomic mass is 10.1. The Kier molecular flexibility index (Phi) is 7.24. The van der Waals surface area contributed by atoms with Crippen molar-refractivity contribution in [3.05, 3.63) is 48.4 Å². The highest BCUT2D eigenvalue weighted by molar-refractivity contribution is 7.80. The van der Waals surface area contributed by atoms with E-state index in [2.05, 4.69) is 10.6 Å². The van der Waals surface area contributed by atoms with Crippen molar-refractivity contribution in [1.82, 2.24) is 15.1 Å². The Hall–Kier alpha value is -3.40. The lowest BCUT2D eigenvalue weighted by Crippen LogP contribution is -2.42. The number of methoxy groups -OCH3 is 1. The molecule has 0 saturated carbocycles. The zero-order valence-electron chi connectivity index (χ0n) is 17.3. The highest BCUT2D eigenvalue weighted by Crippen LogP contribution is 2.24. The zero-order chi connectivity index (χ0) is 22.4. The van der Waals surface area contributed by atoms with Gasteiger partial charge in [-0.2, -0.15) is 0 Å². The average Bonchev–Trinajstić information content (AvgIpc) is 3.33. The van der Waals surface area contributed by atoms with Crippen molar-refractivity contribution in [3.8, 4) is 5.75 Å². The van der Waals surface area contributed by atoms with Crippen LogP contribution in [0.3, 0.4) is 0 Å². The molecule has 2 aromatic rings. The summed E-state index contributed by atoms with van der Waals surface area (Å²) >= 11 is 5.51. The molecule has 9 nitrogen and oxygen atoms in total. The Morgan fingerprint density at radius 2 is 1.97 bits per heavy atom. The fourth-order valence-corrected chi connectivity index (χ4v) is 3.64. The molecular weight excluding hydrogens is 420 g/mol. The number of hydrogen-bond donors (Lipinski definition) is 2. The lowest BCUT2D eigenvalue weighted by Gasteiger charge is -2.23. The summed E-state index contributed by atoms with van der Waals surface area (Å²) < 4.78 is 10.4. The van der Waals surface area contributed by atoms with Gasteiger partial charge in [0.05, 0.1) is 26.3 Å². The Morgan fingerprint density at radius 3 is 2.58 bits per heavy atom. The van der Waals surface area contributed by atoms with Gasteiger partial charge in [0.25, 0.3) is 5.91 Å². The number of carbonyl (C=O) groups is 3. The van der Waals surface area contributed by atoms with E-state index >= 15 is 0 Å². The predicted molar refractivity (Wildman–Crippen MR) is 117 cm³/mol. The highest BCUT2D eigenvalue weighted by Gasteiger charge is 2.43. The molecule has 0 spiro atoms. The van der Waals surface area contributed by atoms with Crippen LogP contribution in [-0.2, 0) is 20.9 Å². The van der Waals surface area contributed by atoms with Crippen LogP contribution in [-0.4, -0.2) is 58.9 Å². The number of anilines is 1. The van der Waals surface area contributed by atoms with Gasteiger partial charge in [0, 0.05) is 25.7 Å². The topological polar surface area (TPSA) is 104 Å². The van der Waals surface area contributed by atoms with Gasteiger partial charge in [0.2, 0.25) is 11.8 Å². The molecule has 1 aliphatic heterocycles. The molecule has 1 saturated heterocycles. The van der Waals surface area contributed by atoms with Crippen molar-refractivity contribution >= 4 is 40.7 Å². The van der Waals surface area contributed by atoms with Crippen molar-refractivity contribution in [3.63, 3.8) is 0 Å². The van der Waals surface area contributed by atoms with Gasteiger partial charge >= 0.3 is 0 Å². The van der Waals surface area contributed by atoms with Gasteiger partial charge in [-0.25, -0.2) is 0 Å². The SMILES string of the molecule is COc1ccc(NC(=O)C[C@H]2C(=O)N(Cc3ccco3)C(=S)N2CCNC(C)=O)cc1. The number of hydrogen-bond acceptors (Lipinski definition) is 6. The molecule has 1 fully saturated rings. The third-order valence-corrected chi connectivity index (χ3v) is 5.23. The molecule has 31 heavy (non-hydrogen) atoms. The number of nitrogens with zero attached hydrogens (tertiary/aromatic N) is 2. The van der Waals surface area contributed by atoms with Crippen LogP contribution in [0.1, 0.15) is 19.1 Å². The average molecular weight is 445 g/mol. The summed E-state index contributed by atoms with van der Waals surface area (Å²) in [4.78, 5) is 40.1. The molecule has 1 aromatic heterocycles. The number of rotatable bonds is 9. The second kappa shape index (κ2) is 10.1. The number of amides is 3. The zero-order valence-corrected chi connectivity index (χ0v) is 18.1. The van der Waals surface area contributed by atoms with Crippen molar-refractivity contribution in [2.24, 2.45) is 0 Å². The van der Waals surface area contributed by atoms with Crippen LogP contribution in [0.15, 0.2) is 47.1 Å². The summed E-state index contributed by atoms with van der Waals surface area (Å²) in [5.41, 5.74) is 0.594.